The van der Waals surface area contributed by atoms with Gasteiger partial charge in [-0.25, -0.2) is 0 Å². The van der Waals surface area contributed by atoms with Gasteiger partial charge in [-0.15, -0.1) is 11.8 Å². The largest absolute Gasteiger partial charge is 0.383 e. The van der Waals surface area contributed by atoms with Gasteiger partial charge in [0.25, 0.3) is 0 Å². The van der Waals surface area contributed by atoms with Crippen LogP contribution in [0.3, 0.4) is 0 Å². The number of carbonyl (C=O) groups is 2. The SMILES string of the molecule is COCCN1C[C@]2(CCCN(C(=O)CSc3ccncc3)C2)CCC1=O. The molecule has 0 saturated carbocycles. The normalized spacial score (nSPS) is 23.5. The van der Waals surface area contributed by atoms with Crippen LogP contribution >= 0.6 is 11.8 Å². The molecule has 1 atom stereocenters. The van der Waals surface area contributed by atoms with Gasteiger partial charge in [0.05, 0.1) is 12.4 Å². The van der Waals surface area contributed by atoms with Crippen LogP contribution < -0.4 is 0 Å². The van der Waals surface area contributed by atoms with Crippen LogP contribution in [0.1, 0.15) is 25.7 Å². The number of pyridine rings is 1. The Balaban J connectivity index is 1.57. The third kappa shape index (κ3) is 4.76. The standard InChI is InChI=1S/C19H27N3O3S/c1-25-12-11-22-15-19(7-3-17(22)23)6-2-10-21(14-19)18(24)13-26-16-4-8-20-9-5-16/h4-5,8-9H,2-3,6-7,10-15H2,1H3/t19-/m1/s1. The van der Waals surface area contributed by atoms with E-state index in [0.717, 1.165) is 43.8 Å². The Bertz CT molecular complexity index is 628. The molecule has 0 aromatic carbocycles. The van der Waals surface area contributed by atoms with Gasteiger partial charge in [0, 0.05) is 62.4 Å². The fourth-order valence-electron chi connectivity index (χ4n) is 3.93. The molecular weight excluding hydrogens is 350 g/mol. The van der Waals surface area contributed by atoms with E-state index in [1.54, 1.807) is 31.3 Å². The van der Waals surface area contributed by atoms with Crippen LogP contribution in [0.2, 0.25) is 0 Å². The monoisotopic (exact) mass is 377 g/mol. The molecule has 1 aromatic rings. The summed E-state index contributed by atoms with van der Waals surface area (Å²) in [6.45, 7) is 3.54. The van der Waals surface area contributed by atoms with Crippen LogP contribution in [0.4, 0.5) is 0 Å². The van der Waals surface area contributed by atoms with Crippen molar-refractivity contribution >= 4 is 23.6 Å². The number of piperidine rings is 2. The Kier molecular flexibility index (Phi) is 6.53. The quantitative estimate of drug-likeness (QED) is 0.710. The fraction of sp³-hybridized carbons (Fsp3) is 0.632. The molecule has 1 spiro atoms. The lowest BCUT2D eigenvalue weighted by Crippen LogP contribution is -2.55. The molecule has 2 aliphatic heterocycles. The summed E-state index contributed by atoms with van der Waals surface area (Å²) in [7, 11) is 1.66. The van der Waals surface area contributed by atoms with Crippen molar-refractivity contribution in [3.05, 3.63) is 24.5 Å². The summed E-state index contributed by atoms with van der Waals surface area (Å²) >= 11 is 1.56. The molecule has 0 unspecified atom stereocenters. The summed E-state index contributed by atoms with van der Waals surface area (Å²) < 4.78 is 5.14. The van der Waals surface area contributed by atoms with Crippen molar-refractivity contribution in [2.24, 2.45) is 5.41 Å². The molecule has 2 saturated heterocycles. The summed E-state index contributed by atoms with van der Waals surface area (Å²) in [6, 6.07) is 3.85. The molecule has 0 bridgehead atoms. The zero-order valence-electron chi connectivity index (χ0n) is 15.4. The first kappa shape index (κ1) is 19.2. The van der Waals surface area contributed by atoms with Crippen molar-refractivity contribution in [3.8, 4) is 0 Å². The maximum absolute atomic E-state index is 12.7. The molecule has 2 fully saturated rings. The lowest BCUT2D eigenvalue weighted by Gasteiger charge is -2.48. The van der Waals surface area contributed by atoms with E-state index in [1.165, 1.54) is 0 Å². The average Bonchev–Trinajstić information content (AvgIpc) is 2.68. The Morgan fingerprint density at radius 1 is 1.31 bits per heavy atom. The van der Waals surface area contributed by atoms with Crippen molar-refractivity contribution in [1.29, 1.82) is 0 Å². The van der Waals surface area contributed by atoms with Gasteiger partial charge in [-0.3, -0.25) is 14.6 Å². The number of hydrogen-bond donors (Lipinski definition) is 0. The van der Waals surface area contributed by atoms with Crippen LogP contribution in [0.5, 0.6) is 0 Å². The van der Waals surface area contributed by atoms with Crippen molar-refractivity contribution < 1.29 is 14.3 Å². The van der Waals surface area contributed by atoms with Crippen LogP contribution in [-0.2, 0) is 14.3 Å². The van der Waals surface area contributed by atoms with Crippen molar-refractivity contribution in [2.75, 3.05) is 45.6 Å². The first-order valence-corrected chi connectivity index (χ1v) is 10.2. The molecule has 0 radical (unpaired) electrons. The number of nitrogens with zero attached hydrogens (tertiary/aromatic N) is 3. The highest BCUT2D eigenvalue weighted by Gasteiger charge is 2.42. The van der Waals surface area contributed by atoms with E-state index < -0.39 is 0 Å². The number of amides is 2. The van der Waals surface area contributed by atoms with E-state index in [2.05, 4.69) is 4.98 Å². The van der Waals surface area contributed by atoms with Crippen molar-refractivity contribution in [2.45, 2.75) is 30.6 Å². The Morgan fingerprint density at radius 3 is 2.88 bits per heavy atom. The molecule has 2 amide bonds. The van der Waals surface area contributed by atoms with Crippen LogP contribution in [0.15, 0.2) is 29.4 Å². The minimum atomic E-state index is 0.0525. The average molecular weight is 378 g/mol. The van der Waals surface area contributed by atoms with Gasteiger partial charge >= 0.3 is 0 Å². The van der Waals surface area contributed by atoms with Gasteiger partial charge in [0.1, 0.15) is 0 Å². The maximum Gasteiger partial charge on any atom is 0.232 e. The number of hydrogen-bond acceptors (Lipinski definition) is 5. The van der Waals surface area contributed by atoms with E-state index in [4.69, 9.17) is 4.74 Å². The molecule has 1 aromatic heterocycles. The Labute approximate surface area is 159 Å². The van der Waals surface area contributed by atoms with Gasteiger partial charge in [-0.2, -0.15) is 0 Å². The molecule has 2 aliphatic rings. The summed E-state index contributed by atoms with van der Waals surface area (Å²) in [6.07, 6.45) is 7.06. The molecule has 3 heterocycles. The molecular formula is C19H27N3O3S. The van der Waals surface area contributed by atoms with Crippen LogP contribution in [-0.4, -0.2) is 72.2 Å². The lowest BCUT2D eigenvalue weighted by atomic mass is 9.73. The van der Waals surface area contributed by atoms with Crippen molar-refractivity contribution in [1.82, 2.24) is 14.8 Å². The maximum atomic E-state index is 12.7. The molecule has 3 rings (SSSR count). The number of carbonyl (C=O) groups excluding carboxylic acids is 2. The number of methoxy groups -OCH3 is 1. The van der Waals surface area contributed by atoms with Gasteiger partial charge in [0.2, 0.25) is 11.8 Å². The molecule has 6 nitrogen and oxygen atoms in total. The summed E-state index contributed by atoms with van der Waals surface area (Å²) in [5.74, 6) is 0.850. The number of rotatable bonds is 6. The molecule has 0 N–H and O–H groups in total. The van der Waals surface area contributed by atoms with Gasteiger partial charge in [-0.05, 0) is 31.4 Å². The predicted octanol–water partition coefficient (Wildman–Crippen LogP) is 2.05. The third-order valence-corrected chi connectivity index (χ3v) is 6.34. The predicted molar refractivity (Wildman–Crippen MR) is 101 cm³/mol. The van der Waals surface area contributed by atoms with Gasteiger partial charge in [-0.1, -0.05) is 0 Å². The zero-order chi connectivity index (χ0) is 18.4. The molecule has 26 heavy (non-hydrogen) atoms. The second-order valence-corrected chi connectivity index (χ2v) is 8.25. The summed E-state index contributed by atoms with van der Waals surface area (Å²) in [4.78, 5) is 33.9. The highest BCUT2D eigenvalue weighted by atomic mass is 32.2. The van der Waals surface area contributed by atoms with Gasteiger partial charge < -0.3 is 14.5 Å². The first-order chi connectivity index (χ1) is 12.6. The van der Waals surface area contributed by atoms with E-state index in [-0.39, 0.29) is 17.2 Å². The number of thioether (sulfide) groups is 1. The highest BCUT2D eigenvalue weighted by molar-refractivity contribution is 8.00. The second kappa shape index (κ2) is 8.86. The van der Waals surface area contributed by atoms with E-state index in [0.29, 0.717) is 25.3 Å². The highest BCUT2D eigenvalue weighted by Crippen LogP contribution is 2.39. The topological polar surface area (TPSA) is 62.7 Å². The van der Waals surface area contributed by atoms with E-state index in [9.17, 15) is 9.59 Å². The number of ether oxygens (including phenoxy) is 1. The molecule has 142 valence electrons. The molecule has 0 aliphatic carbocycles. The number of likely N-dealkylation sites (tertiary alicyclic amines) is 2. The van der Waals surface area contributed by atoms with Gasteiger partial charge in [0.15, 0.2) is 0 Å². The van der Waals surface area contributed by atoms with Crippen LogP contribution in [0.25, 0.3) is 0 Å². The summed E-state index contributed by atoms with van der Waals surface area (Å²) in [5.41, 5.74) is 0.0525. The molecule has 7 heteroatoms. The Morgan fingerprint density at radius 2 is 2.12 bits per heavy atom. The first-order valence-electron chi connectivity index (χ1n) is 9.19. The van der Waals surface area contributed by atoms with Crippen LogP contribution in [0, 0.1) is 5.41 Å². The minimum Gasteiger partial charge on any atom is -0.383 e. The lowest BCUT2D eigenvalue weighted by molar-refractivity contribution is -0.142. The smallest absolute Gasteiger partial charge is 0.232 e. The Hall–Kier alpha value is -1.60. The summed E-state index contributed by atoms with van der Waals surface area (Å²) in [5, 5.41) is 0. The zero-order valence-corrected chi connectivity index (χ0v) is 16.2. The fourth-order valence-corrected chi connectivity index (χ4v) is 4.72. The van der Waals surface area contributed by atoms with E-state index >= 15 is 0 Å². The van der Waals surface area contributed by atoms with E-state index in [1.807, 2.05) is 21.9 Å². The second-order valence-electron chi connectivity index (χ2n) is 7.20. The number of aromatic nitrogens is 1. The third-order valence-electron chi connectivity index (χ3n) is 5.34. The minimum absolute atomic E-state index is 0.0525. The van der Waals surface area contributed by atoms with Crippen molar-refractivity contribution in [3.63, 3.8) is 0 Å².